The first-order valence-corrected chi connectivity index (χ1v) is 6.33. The third-order valence-corrected chi connectivity index (χ3v) is 4.21. The first kappa shape index (κ1) is 9.90. The summed E-state index contributed by atoms with van der Waals surface area (Å²) >= 11 is 1.82. The summed E-state index contributed by atoms with van der Waals surface area (Å²) in [5.74, 6) is 1.28. The fourth-order valence-corrected chi connectivity index (χ4v) is 3.30. The zero-order chi connectivity index (χ0) is 11.1. The molecule has 4 heteroatoms. The van der Waals surface area contributed by atoms with E-state index in [2.05, 4.69) is 35.7 Å². The molecule has 0 saturated carbocycles. The molecule has 2 aliphatic rings. The normalized spacial score (nSPS) is 22.9. The van der Waals surface area contributed by atoms with E-state index in [9.17, 15) is 4.79 Å². The van der Waals surface area contributed by atoms with Crippen molar-refractivity contribution < 1.29 is 4.79 Å². The number of thioether (sulfide) groups is 1. The summed E-state index contributed by atoms with van der Waals surface area (Å²) < 4.78 is 0. The van der Waals surface area contributed by atoms with Gasteiger partial charge in [0.25, 0.3) is 0 Å². The zero-order valence-electron chi connectivity index (χ0n) is 8.99. The lowest BCUT2D eigenvalue weighted by atomic mass is 9.92. The van der Waals surface area contributed by atoms with Gasteiger partial charge in [0, 0.05) is 28.6 Å². The maximum atomic E-state index is 11.3. The molecular formula is C12H12N2OS. The third kappa shape index (κ3) is 1.53. The second-order valence-corrected chi connectivity index (χ2v) is 5.31. The van der Waals surface area contributed by atoms with Crippen molar-refractivity contribution >= 4 is 23.4 Å². The summed E-state index contributed by atoms with van der Waals surface area (Å²) in [7, 11) is 0. The Morgan fingerprint density at radius 3 is 3.25 bits per heavy atom. The van der Waals surface area contributed by atoms with Gasteiger partial charge < -0.3 is 0 Å². The Labute approximate surface area is 98.3 Å². The number of nitrogens with one attached hydrogen (secondary N) is 1. The Kier molecular flexibility index (Phi) is 2.24. The predicted octanol–water partition coefficient (Wildman–Crippen LogP) is 1.94. The van der Waals surface area contributed by atoms with Crippen LogP contribution in [0.5, 0.6) is 0 Å². The van der Waals surface area contributed by atoms with E-state index >= 15 is 0 Å². The fraction of sp³-hybridized carbons (Fsp3) is 0.333. The van der Waals surface area contributed by atoms with Crippen molar-refractivity contribution in [2.75, 3.05) is 5.75 Å². The number of hydrogen-bond acceptors (Lipinski definition) is 3. The van der Waals surface area contributed by atoms with E-state index in [1.165, 1.54) is 16.0 Å². The number of hydrogen-bond donors (Lipinski definition) is 1. The van der Waals surface area contributed by atoms with Crippen LogP contribution in [0.3, 0.4) is 0 Å². The number of aryl methyl sites for hydroxylation is 1. The van der Waals surface area contributed by atoms with Crippen molar-refractivity contribution in [3.8, 4) is 0 Å². The molecule has 1 N–H and O–H groups in total. The van der Waals surface area contributed by atoms with Crippen LogP contribution >= 0.6 is 11.8 Å². The molecule has 82 valence electrons. The highest BCUT2D eigenvalue weighted by atomic mass is 32.2. The standard InChI is InChI=1S/C12H12N2OS/c1-7-2-3-10-9(4-7)12-8(6-16-10)5-11(15)13-14-12/h2-4,8H,5-6H2,1H3,(H,13,15). The number of benzene rings is 1. The molecule has 1 unspecified atom stereocenters. The Bertz CT molecular complexity index is 496. The van der Waals surface area contributed by atoms with Crippen LogP contribution < -0.4 is 5.43 Å². The molecule has 16 heavy (non-hydrogen) atoms. The maximum Gasteiger partial charge on any atom is 0.240 e. The highest BCUT2D eigenvalue weighted by Crippen LogP contribution is 2.35. The Balaban J connectivity index is 2.11. The van der Waals surface area contributed by atoms with Crippen LogP contribution in [0.15, 0.2) is 28.2 Å². The first-order valence-electron chi connectivity index (χ1n) is 5.34. The van der Waals surface area contributed by atoms with E-state index in [1.54, 1.807) is 0 Å². The number of amides is 1. The molecule has 1 amide bonds. The highest BCUT2D eigenvalue weighted by Gasteiger charge is 2.30. The number of carbonyl (C=O) groups excluding carboxylic acids is 1. The summed E-state index contributed by atoms with van der Waals surface area (Å²) in [6.45, 7) is 2.08. The van der Waals surface area contributed by atoms with Gasteiger partial charge in [0.05, 0.1) is 5.71 Å². The van der Waals surface area contributed by atoms with Crippen LogP contribution in [0.2, 0.25) is 0 Å². The highest BCUT2D eigenvalue weighted by molar-refractivity contribution is 7.99. The SMILES string of the molecule is Cc1ccc2c(c1)C1=NNC(=O)CC1CS2. The first-order chi connectivity index (χ1) is 7.74. The van der Waals surface area contributed by atoms with E-state index in [-0.39, 0.29) is 11.8 Å². The molecular weight excluding hydrogens is 220 g/mol. The predicted molar refractivity (Wildman–Crippen MR) is 64.7 cm³/mol. The molecule has 1 aromatic rings. The Morgan fingerprint density at radius 2 is 2.38 bits per heavy atom. The van der Waals surface area contributed by atoms with Gasteiger partial charge in [-0.3, -0.25) is 4.79 Å². The van der Waals surface area contributed by atoms with Gasteiger partial charge in [0.2, 0.25) is 5.91 Å². The number of carbonyl (C=O) groups is 1. The van der Waals surface area contributed by atoms with E-state index < -0.39 is 0 Å². The second kappa shape index (κ2) is 3.63. The van der Waals surface area contributed by atoms with Crippen LogP contribution in [0.1, 0.15) is 17.5 Å². The molecule has 0 aromatic heterocycles. The minimum absolute atomic E-state index is 0.0328. The van der Waals surface area contributed by atoms with E-state index in [0.29, 0.717) is 6.42 Å². The molecule has 0 spiro atoms. The molecule has 3 rings (SSSR count). The summed E-state index contributed by atoms with van der Waals surface area (Å²) in [6, 6.07) is 6.42. The van der Waals surface area contributed by atoms with Gasteiger partial charge in [-0.1, -0.05) is 11.6 Å². The maximum absolute atomic E-state index is 11.3. The van der Waals surface area contributed by atoms with Crippen LogP contribution in [0.4, 0.5) is 0 Å². The van der Waals surface area contributed by atoms with Gasteiger partial charge in [0.1, 0.15) is 0 Å². The minimum atomic E-state index is 0.0328. The van der Waals surface area contributed by atoms with Gasteiger partial charge in [-0.2, -0.15) is 5.10 Å². The second-order valence-electron chi connectivity index (χ2n) is 4.24. The van der Waals surface area contributed by atoms with Crippen molar-refractivity contribution in [1.82, 2.24) is 5.43 Å². The van der Waals surface area contributed by atoms with Crippen molar-refractivity contribution in [3.05, 3.63) is 29.3 Å². The van der Waals surface area contributed by atoms with E-state index in [4.69, 9.17) is 0 Å². The van der Waals surface area contributed by atoms with Crippen molar-refractivity contribution in [3.63, 3.8) is 0 Å². The van der Waals surface area contributed by atoms with Gasteiger partial charge in [-0.15, -0.1) is 11.8 Å². The molecule has 1 atom stereocenters. The van der Waals surface area contributed by atoms with Crippen LogP contribution in [0.25, 0.3) is 0 Å². The average molecular weight is 232 g/mol. The van der Waals surface area contributed by atoms with Crippen molar-refractivity contribution in [2.24, 2.45) is 11.0 Å². The molecule has 0 radical (unpaired) electrons. The molecule has 2 heterocycles. The van der Waals surface area contributed by atoms with E-state index in [1.807, 2.05) is 11.8 Å². The summed E-state index contributed by atoms with van der Waals surface area (Å²) in [5, 5.41) is 4.22. The van der Waals surface area contributed by atoms with Gasteiger partial charge in [-0.25, -0.2) is 5.43 Å². The Morgan fingerprint density at radius 1 is 1.50 bits per heavy atom. The van der Waals surface area contributed by atoms with Crippen LogP contribution in [-0.2, 0) is 4.79 Å². The molecule has 0 fully saturated rings. The fourth-order valence-electron chi connectivity index (χ4n) is 2.16. The summed E-state index contributed by atoms with van der Waals surface area (Å²) in [6.07, 6.45) is 0.569. The largest absolute Gasteiger partial charge is 0.273 e. The number of rotatable bonds is 0. The van der Waals surface area contributed by atoms with Gasteiger partial charge >= 0.3 is 0 Å². The topological polar surface area (TPSA) is 41.5 Å². The van der Waals surface area contributed by atoms with Crippen molar-refractivity contribution in [1.29, 1.82) is 0 Å². The smallest absolute Gasteiger partial charge is 0.240 e. The van der Waals surface area contributed by atoms with Crippen molar-refractivity contribution in [2.45, 2.75) is 18.2 Å². The Hall–Kier alpha value is -1.29. The quantitative estimate of drug-likeness (QED) is 0.742. The van der Waals surface area contributed by atoms with Gasteiger partial charge in [-0.05, 0) is 19.1 Å². The zero-order valence-corrected chi connectivity index (χ0v) is 9.80. The van der Waals surface area contributed by atoms with Gasteiger partial charge in [0.15, 0.2) is 0 Å². The molecule has 0 saturated heterocycles. The van der Waals surface area contributed by atoms with E-state index in [0.717, 1.165) is 11.5 Å². The lowest BCUT2D eigenvalue weighted by Gasteiger charge is -2.28. The average Bonchev–Trinajstić information content (AvgIpc) is 2.28. The minimum Gasteiger partial charge on any atom is -0.273 e. The van der Waals surface area contributed by atoms with Crippen LogP contribution in [-0.4, -0.2) is 17.4 Å². The van der Waals surface area contributed by atoms with Crippen LogP contribution in [0, 0.1) is 12.8 Å². The summed E-state index contributed by atoms with van der Waals surface area (Å²) in [5.41, 5.74) is 6.07. The number of hydrazone groups is 1. The lowest BCUT2D eigenvalue weighted by molar-refractivity contribution is -0.121. The third-order valence-electron chi connectivity index (χ3n) is 2.97. The number of nitrogens with zero attached hydrogens (tertiary/aromatic N) is 1. The molecule has 0 bridgehead atoms. The monoisotopic (exact) mass is 232 g/mol. The summed E-state index contributed by atoms with van der Waals surface area (Å²) in [4.78, 5) is 12.5. The number of fused-ring (bicyclic) bond motifs is 3. The molecule has 1 aromatic carbocycles. The molecule has 3 nitrogen and oxygen atoms in total. The molecule has 2 aliphatic heterocycles. The molecule has 0 aliphatic carbocycles. The lowest BCUT2D eigenvalue weighted by Crippen LogP contribution is -2.36.